The van der Waals surface area contributed by atoms with Crippen molar-refractivity contribution >= 4 is 5.90 Å². The summed E-state index contributed by atoms with van der Waals surface area (Å²) < 4.78 is 18.6. The molecule has 0 aromatic heterocycles. The topological polar surface area (TPSA) is 30.8 Å². The molecule has 1 aromatic rings. The lowest BCUT2D eigenvalue weighted by Crippen LogP contribution is -2.17. The molecule has 0 saturated heterocycles. The number of hydrogen-bond donors (Lipinski definition) is 0. The van der Waals surface area contributed by atoms with E-state index < -0.39 is 0 Å². The van der Waals surface area contributed by atoms with Crippen LogP contribution < -0.4 is 4.74 Å². The standard InChI is InChI=1S/C12H15NO2/c1-12(2)8-15-11(13-12)9-5-4-6-10(7-9)14-3/h4-7H,8H2,1-3H3/i7D. The molecule has 0 saturated carbocycles. The van der Waals surface area contributed by atoms with Gasteiger partial charge in [0.25, 0.3) is 0 Å². The van der Waals surface area contributed by atoms with Crippen LogP contribution in [-0.2, 0) is 4.74 Å². The van der Waals surface area contributed by atoms with Gasteiger partial charge in [0, 0.05) is 5.56 Å². The summed E-state index contributed by atoms with van der Waals surface area (Å²) in [7, 11) is 1.55. The van der Waals surface area contributed by atoms with Crippen molar-refractivity contribution in [3.8, 4) is 5.75 Å². The van der Waals surface area contributed by atoms with Gasteiger partial charge >= 0.3 is 0 Å². The molecule has 15 heavy (non-hydrogen) atoms. The summed E-state index contributed by atoms with van der Waals surface area (Å²) >= 11 is 0. The molecule has 3 nitrogen and oxygen atoms in total. The molecule has 0 unspecified atom stereocenters. The zero-order chi connectivity index (χ0) is 11.8. The highest BCUT2D eigenvalue weighted by molar-refractivity contribution is 5.95. The molecule has 0 radical (unpaired) electrons. The third-order valence-electron chi connectivity index (χ3n) is 2.19. The number of methoxy groups -OCH3 is 1. The van der Waals surface area contributed by atoms with Crippen LogP contribution in [-0.4, -0.2) is 25.2 Å². The van der Waals surface area contributed by atoms with Crippen molar-refractivity contribution in [2.75, 3.05) is 13.7 Å². The second kappa shape index (κ2) is 3.57. The van der Waals surface area contributed by atoms with Crippen LogP contribution in [0.1, 0.15) is 20.8 Å². The molecule has 1 heterocycles. The molecule has 0 bridgehead atoms. The highest BCUT2D eigenvalue weighted by Crippen LogP contribution is 2.22. The van der Waals surface area contributed by atoms with Crippen molar-refractivity contribution in [3.05, 3.63) is 29.8 Å². The normalized spacial score (nSPS) is 19.1. The van der Waals surface area contributed by atoms with Crippen molar-refractivity contribution in [2.24, 2.45) is 4.99 Å². The van der Waals surface area contributed by atoms with E-state index in [0.717, 1.165) is 0 Å². The quantitative estimate of drug-likeness (QED) is 0.743. The molecule has 3 heteroatoms. The predicted octanol–water partition coefficient (Wildman–Crippen LogP) is 2.25. The van der Waals surface area contributed by atoms with Crippen molar-refractivity contribution in [2.45, 2.75) is 19.4 Å². The van der Waals surface area contributed by atoms with Crippen molar-refractivity contribution < 1.29 is 10.8 Å². The molecule has 1 aliphatic heterocycles. The number of benzene rings is 1. The van der Waals surface area contributed by atoms with Crippen molar-refractivity contribution in [3.63, 3.8) is 0 Å². The average Bonchev–Trinajstić information content (AvgIpc) is 2.59. The van der Waals surface area contributed by atoms with Crippen LogP contribution in [0.3, 0.4) is 0 Å². The van der Waals surface area contributed by atoms with Gasteiger partial charge in [0.2, 0.25) is 5.90 Å². The molecule has 0 aliphatic carbocycles. The Bertz CT molecular complexity index is 441. The Balaban J connectivity index is 2.42. The van der Waals surface area contributed by atoms with E-state index in [4.69, 9.17) is 10.8 Å². The van der Waals surface area contributed by atoms with Gasteiger partial charge in [0.1, 0.15) is 12.4 Å². The molecule has 1 aliphatic rings. The van der Waals surface area contributed by atoms with Gasteiger partial charge in [-0.1, -0.05) is 6.07 Å². The van der Waals surface area contributed by atoms with Crippen LogP contribution in [0, 0.1) is 0 Å². The highest BCUT2D eigenvalue weighted by Gasteiger charge is 2.26. The molecule has 0 fully saturated rings. The summed E-state index contributed by atoms with van der Waals surface area (Å²) in [5.74, 6) is 1.07. The first-order valence-electron chi connectivity index (χ1n) is 5.40. The Morgan fingerprint density at radius 1 is 1.53 bits per heavy atom. The Morgan fingerprint density at radius 2 is 2.33 bits per heavy atom. The summed E-state index contributed by atoms with van der Waals surface area (Å²) in [5.41, 5.74) is 0.482. The van der Waals surface area contributed by atoms with Gasteiger partial charge in [-0.2, -0.15) is 0 Å². The van der Waals surface area contributed by atoms with Gasteiger partial charge < -0.3 is 9.47 Å². The van der Waals surface area contributed by atoms with Crippen LogP contribution in [0.4, 0.5) is 0 Å². The van der Waals surface area contributed by atoms with Gasteiger partial charge in [-0.05, 0) is 32.0 Å². The first-order chi connectivity index (χ1) is 7.53. The number of nitrogens with zero attached hydrogens (tertiary/aromatic N) is 1. The molecule has 0 amide bonds. The van der Waals surface area contributed by atoms with Gasteiger partial charge in [-0.25, -0.2) is 4.99 Å². The van der Waals surface area contributed by atoms with E-state index in [2.05, 4.69) is 4.99 Å². The largest absolute Gasteiger partial charge is 0.497 e. The zero-order valence-electron chi connectivity index (χ0n) is 10.2. The Hall–Kier alpha value is -1.51. The minimum absolute atomic E-state index is 0.204. The lowest BCUT2D eigenvalue weighted by molar-refractivity contribution is 0.279. The third kappa shape index (κ3) is 2.12. The number of aliphatic imine (C=N–C) groups is 1. The molecule has 0 spiro atoms. The highest BCUT2D eigenvalue weighted by atomic mass is 16.5. The lowest BCUT2D eigenvalue weighted by atomic mass is 10.1. The summed E-state index contributed by atoms with van der Waals surface area (Å²) in [5, 5.41) is 0. The summed E-state index contributed by atoms with van der Waals surface area (Å²) in [6.07, 6.45) is 0. The Kier molecular flexibility index (Phi) is 2.09. The molecule has 80 valence electrons. The second-order valence-electron chi connectivity index (χ2n) is 4.15. The van der Waals surface area contributed by atoms with Crippen LogP contribution in [0.2, 0.25) is 0 Å². The molecule has 0 N–H and O–H groups in total. The molecule has 1 aromatic carbocycles. The zero-order valence-corrected chi connectivity index (χ0v) is 9.20. The maximum atomic E-state index is 7.95. The molecule has 2 rings (SSSR count). The minimum Gasteiger partial charge on any atom is -0.497 e. The summed E-state index contributed by atoms with van der Waals surface area (Å²) in [6.45, 7) is 4.56. The number of hydrogen-bond acceptors (Lipinski definition) is 3. The lowest BCUT2D eigenvalue weighted by Gasteiger charge is -2.07. The first kappa shape index (κ1) is 8.77. The molecular formula is C12H15NO2. The maximum absolute atomic E-state index is 7.95. The van der Waals surface area contributed by atoms with Gasteiger partial charge in [0.15, 0.2) is 0 Å². The van der Waals surface area contributed by atoms with E-state index in [1.807, 2.05) is 26.0 Å². The van der Waals surface area contributed by atoms with Gasteiger partial charge in [0.05, 0.1) is 14.0 Å². The smallest absolute Gasteiger partial charge is 0.216 e. The van der Waals surface area contributed by atoms with Crippen LogP contribution >= 0.6 is 0 Å². The maximum Gasteiger partial charge on any atom is 0.216 e. The number of rotatable bonds is 2. The number of ether oxygens (including phenoxy) is 2. The Morgan fingerprint density at radius 3 is 2.93 bits per heavy atom. The SMILES string of the molecule is [2H]c1c(OC)cccc1C1=NC(C)(C)CO1. The van der Waals surface area contributed by atoms with Crippen molar-refractivity contribution in [1.29, 1.82) is 0 Å². The minimum atomic E-state index is -0.204. The van der Waals surface area contributed by atoms with E-state index in [1.54, 1.807) is 13.2 Å². The second-order valence-corrected chi connectivity index (χ2v) is 4.15. The van der Waals surface area contributed by atoms with Crippen LogP contribution in [0.5, 0.6) is 5.75 Å². The van der Waals surface area contributed by atoms with E-state index in [9.17, 15) is 0 Å². The summed E-state index contributed by atoms with van der Waals surface area (Å²) in [4.78, 5) is 4.45. The predicted molar refractivity (Wildman–Crippen MR) is 59.6 cm³/mol. The summed E-state index contributed by atoms with van der Waals surface area (Å²) in [6, 6.07) is 5.74. The first-order valence-corrected chi connectivity index (χ1v) is 4.90. The van der Waals surface area contributed by atoms with Crippen LogP contribution in [0.15, 0.2) is 29.2 Å². The molecular weight excluding hydrogens is 190 g/mol. The fraction of sp³-hybridized carbons (Fsp3) is 0.417. The van der Waals surface area contributed by atoms with Gasteiger partial charge in [-0.3, -0.25) is 0 Å². The van der Waals surface area contributed by atoms with E-state index in [1.165, 1.54) is 0 Å². The van der Waals surface area contributed by atoms with Crippen LogP contribution in [0.25, 0.3) is 0 Å². The fourth-order valence-corrected chi connectivity index (χ4v) is 1.41. The van der Waals surface area contributed by atoms with E-state index in [0.29, 0.717) is 29.9 Å². The Labute approximate surface area is 91.1 Å². The fourth-order valence-electron chi connectivity index (χ4n) is 1.41. The van der Waals surface area contributed by atoms with Gasteiger partial charge in [-0.15, -0.1) is 0 Å². The van der Waals surface area contributed by atoms with E-state index in [-0.39, 0.29) is 5.54 Å². The van der Waals surface area contributed by atoms with Crippen molar-refractivity contribution in [1.82, 2.24) is 0 Å². The monoisotopic (exact) mass is 206 g/mol. The third-order valence-corrected chi connectivity index (χ3v) is 2.19. The average molecular weight is 206 g/mol. The van der Waals surface area contributed by atoms with E-state index >= 15 is 0 Å². The molecule has 0 atom stereocenters.